The SMILES string of the molecule is COc1nc(NCC2CCCCC2CO)ccc1N. The Balaban J connectivity index is 1.94. The van der Waals surface area contributed by atoms with Gasteiger partial charge in [-0.15, -0.1) is 0 Å². The zero-order chi connectivity index (χ0) is 13.7. The van der Waals surface area contributed by atoms with E-state index in [0.29, 0.717) is 23.4 Å². The van der Waals surface area contributed by atoms with Gasteiger partial charge in [0.15, 0.2) is 0 Å². The second kappa shape index (κ2) is 6.61. The standard InChI is InChI=1S/C14H23N3O2/c1-19-14-12(15)6-7-13(17-14)16-8-10-4-2-3-5-11(10)9-18/h6-7,10-11,18H,2-5,8-9,15H2,1H3,(H,16,17). The molecule has 1 aliphatic rings. The predicted molar refractivity (Wildman–Crippen MR) is 76.2 cm³/mol. The van der Waals surface area contributed by atoms with Crippen molar-refractivity contribution in [3.63, 3.8) is 0 Å². The average molecular weight is 265 g/mol. The summed E-state index contributed by atoms with van der Waals surface area (Å²) in [5.41, 5.74) is 6.27. The van der Waals surface area contributed by atoms with E-state index in [0.717, 1.165) is 18.8 Å². The second-order valence-corrected chi connectivity index (χ2v) is 5.16. The Hall–Kier alpha value is -1.49. The third-order valence-corrected chi connectivity index (χ3v) is 3.93. The van der Waals surface area contributed by atoms with Gasteiger partial charge in [0.1, 0.15) is 5.82 Å². The summed E-state index contributed by atoms with van der Waals surface area (Å²) in [5, 5.41) is 12.7. The summed E-state index contributed by atoms with van der Waals surface area (Å²) in [7, 11) is 1.56. The minimum atomic E-state index is 0.283. The lowest BCUT2D eigenvalue weighted by Crippen LogP contribution is -2.28. The number of anilines is 2. The molecule has 1 aromatic rings. The van der Waals surface area contributed by atoms with Gasteiger partial charge in [0, 0.05) is 13.2 Å². The first-order chi connectivity index (χ1) is 9.24. The second-order valence-electron chi connectivity index (χ2n) is 5.16. The Morgan fingerprint density at radius 2 is 2.11 bits per heavy atom. The summed E-state index contributed by atoms with van der Waals surface area (Å²) >= 11 is 0. The molecule has 0 aromatic carbocycles. The fourth-order valence-corrected chi connectivity index (χ4v) is 2.74. The van der Waals surface area contributed by atoms with Gasteiger partial charge in [-0.1, -0.05) is 12.8 Å². The lowest BCUT2D eigenvalue weighted by molar-refractivity contribution is 0.141. The van der Waals surface area contributed by atoms with Crippen molar-refractivity contribution < 1.29 is 9.84 Å². The fraction of sp³-hybridized carbons (Fsp3) is 0.643. The first-order valence-electron chi connectivity index (χ1n) is 6.90. The van der Waals surface area contributed by atoms with E-state index in [1.54, 1.807) is 13.2 Å². The molecule has 2 atom stereocenters. The van der Waals surface area contributed by atoms with Crippen LogP contribution in [0.25, 0.3) is 0 Å². The third-order valence-electron chi connectivity index (χ3n) is 3.93. The molecule has 1 heterocycles. The topological polar surface area (TPSA) is 80.4 Å². The Labute approximate surface area is 114 Å². The number of hydrogen-bond donors (Lipinski definition) is 3. The summed E-state index contributed by atoms with van der Waals surface area (Å²) in [5.74, 6) is 2.15. The number of methoxy groups -OCH3 is 1. The molecule has 5 heteroatoms. The number of aliphatic hydroxyl groups excluding tert-OH is 1. The van der Waals surface area contributed by atoms with Gasteiger partial charge >= 0.3 is 0 Å². The lowest BCUT2D eigenvalue weighted by Gasteiger charge is -2.30. The van der Waals surface area contributed by atoms with E-state index in [4.69, 9.17) is 10.5 Å². The molecule has 106 valence electrons. The molecule has 1 aliphatic carbocycles. The van der Waals surface area contributed by atoms with Crippen molar-refractivity contribution in [2.75, 3.05) is 31.3 Å². The Morgan fingerprint density at radius 3 is 2.79 bits per heavy atom. The van der Waals surface area contributed by atoms with Crippen LogP contribution in [0.5, 0.6) is 5.88 Å². The molecular weight excluding hydrogens is 242 g/mol. The number of hydrogen-bond acceptors (Lipinski definition) is 5. The molecule has 0 amide bonds. The van der Waals surface area contributed by atoms with E-state index in [2.05, 4.69) is 10.3 Å². The van der Waals surface area contributed by atoms with Crippen LogP contribution in [0.15, 0.2) is 12.1 Å². The highest BCUT2D eigenvalue weighted by Crippen LogP contribution is 2.30. The number of nitrogens with two attached hydrogens (primary N) is 1. The number of rotatable bonds is 5. The van der Waals surface area contributed by atoms with Crippen molar-refractivity contribution in [1.29, 1.82) is 0 Å². The van der Waals surface area contributed by atoms with Crippen LogP contribution in [-0.4, -0.2) is 30.4 Å². The molecule has 0 bridgehead atoms. The van der Waals surface area contributed by atoms with Crippen molar-refractivity contribution in [2.24, 2.45) is 11.8 Å². The zero-order valence-electron chi connectivity index (χ0n) is 11.4. The van der Waals surface area contributed by atoms with E-state index >= 15 is 0 Å². The number of nitrogens with one attached hydrogen (secondary N) is 1. The molecule has 19 heavy (non-hydrogen) atoms. The molecule has 0 saturated heterocycles. The van der Waals surface area contributed by atoms with Crippen LogP contribution in [0.1, 0.15) is 25.7 Å². The van der Waals surface area contributed by atoms with Crippen molar-refractivity contribution in [2.45, 2.75) is 25.7 Å². The molecule has 1 aromatic heterocycles. The molecule has 0 spiro atoms. The number of ether oxygens (including phenoxy) is 1. The maximum Gasteiger partial charge on any atom is 0.238 e. The number of pyridine rings is 1. The van der Waals surface area contributed by atoms with Crippen LogP contribution < -0.4 is 15.8 Å². The van der Waals surface area contributed by atoms with Crippen LogP contribution in [0.3, 0.4) is 0 Å². The van der Waals surface area contributed by atoms with Crippen LogP contribution in [0.4, 0.5) is 11.5 Å². The van der Waals surface area contributed by atoms with Gasteiger partial charge in [0.2, 0.25) is 5.88 Å². The van der Waals surface area contributed by atoms with E-state index in [9.17, 15) is 5.11 Å². The zero-order valence-corrected chi connectivity index (χ0v) is 11.4. The molecule has 2 rings (SSSR count). The van der Waals surface area contributed by atoms with E-state index in [1.165, 1.54) is 19.3 Å². The highest BCUT2D eigenvalue weighted by atomic mass is 16.5. The van der Waals surface area contributed by atoms with Gasteiger partial charge in [0.25, 0.3) is 0 Å². The van der Waals surface area contributed by atoms with E-state index in [-0.39, 0.29) is 6.61 Å². The Bertz CT molecular complexity index is 412. The summed E-state index contributed by atoms with van der Waals surface area (Å²) in [6, 6.07) is 3.65. The molecule has 0 aliphatic heterocycles. The van der Waals surface area contributed by atoms with Crippen molar-refractivity contribution in [3.8, 4) is 5.88 Å². The minimum absolute atomic E-state index is 0.283. The molecular formula is C14H23N3O2. The molecule has 5 nitrogen and oxygen atoms in total. The summed E-state index contributed by atoms with van der Waals surface area (Å²) < 4.78 is 5.10. The first kappa shape index (κ1) is 13.9. The number of aromatic nitrogens is 1. The summed E-state index contributed by atoms with van der Waals surface area (Å²) in [6.45, 7) is 1.12. The van der Waals surface area contributed by atoms with Gasteiger partial charge in [-0.2, -0.15) is 4.98 Å². The van der Waals surface area contributed by atoms with Crippen molar-refractivity contribution in [1.82, 2.24) is 4.98 Å². The van der Waals surface area contributed by atoms with Gasteiger partial charge in [-0.25, -0.2) is 0 Å². The van der Waals surface area contributed by atoms with Gasteiger partial charge in [-0.05, 0) is 36.8 Å². The van der Waals surface area contributed by atoms with Crippen LogP contribution >= 0.6 is 0 Å². The summed E-state index contributed by atoms with van der Waals surface area (Å²) in [4.78, 5) is 4.31. The first-order valence-corrected chi connectivity index (χ1v) is 6.90. The minimum Gasteiger partial charge on any atom is -0.479 e. The molecule has 0 radical (unpaired) electrons. The highest BCUT2D eigenvalue weighted by molar-refractivity contribution is 5.53. The van der Waals surface area contributed by atoms with Gasteiger partial charge < -0.3 is 20.9 Å². The maximum atomic E-state index is 9.40. The van der Waals surface area contributed by atoms with Crippen molar-refractivity contribution >= 4 is 11.5 Å². The van der Waals surface area contributed by atoms with E-state index in [1.807, 2.05) is 6.07 Å². The summed E-state index contributed by atoms with van der Waals surface area (Å²) in [6.07, 6.45) is 4.78. The smallest absolute Gasteiger partial charge is 0.238 e. The van der Waals surface area contributed by atoms with Crippen molar-refractivity contribution in [3.05, 3.63) is 12.1 Å². The predicted octanol–water partition coefficient (Wildman–Crippen LogP) is 1.88. The molecule has 2 unspecified atom stereocenters. The molecule has 1 fully saturated rings. The highest BCUT2D eigenvalue weighted by Gasteiger charge is 2.24. The number of nitrogens with zero attached hydrogens (tertiary/aromatic N) is 1. The quantitative estimate of drug-likeness (QED) is 0.757. The van der Waals surface area contributed by atoms with Gasteiger partial charge in [-0.3, -0.25) is 0 Å². The van der Waals surface area contributed by atoms with E-state index < -0.39 is 0 Å². The maximum absolute atomic E-state index is 9.40. The molecule has 4 N–H and O–H groups in total. The Morgan fingerprint density at radius 1 is 1.37 bits per heavy atom. The van der Waals surface area contributed by atoms with Gasteiger partial charge in [0.05, 0.1) is 12.8 Å². The van der Waals surface area contributed by atoms with Crippen LogP contribution in [0.2, 0.25) is 0 Å². The average Bonchev–Trinajstić information content (AvgIpc) is 2.46. The molecule has 1 saturated carbocycles. The number of aliphatic hydroxyl groups is 1. The van der Waals surface area contributed by atoms with Crippen LogP contribution in [0, 0.1) is 11.8 Å². The largest absolute Gasteiger partial charge is 0.479 e. The number of nitrogen functional groups attached to an aromatic ring is 1. The monoisotopic (exact) mass is 265 g/mol. The lowest BCUT2D eigenvalue weighted by atomic mass is 9.79. The third kappa shape index (κ3) is 3.50. The Kier molecular flexibility index (Phi) is 4.85. The van der Waals surface area contributed by atoms with Crippen LogP contribution in [-0.2, 0) is 0 Å². The fourth-order valence-electron chi connectivity index (χ4n) is 2.74. The normalized spacial score (nSPS) is 23.1.